The van der Waals surface area contributed by atoms with Crippen molar-refractivity contribution in [3.63, 3.8) is 0 Å². The van der Waals surface area contributed by atoms with Crippen LogP contribution in [0.15, 0.2) is 29.8 Å². The Morgan fingerprint density at radius 1 is 1.36 bits per heavy atom. The number of benzene rings is 1. The molecule has 0 radical (unpaired) electrons. The summed E-state index contributed by atoms with van der Waals surface area (Å²) in [6.07, 6.45) is 3.04. The molecule has 0 fully saturated rings. The molecule has 0 atom stereocenters. The van der Waals surface area contributed by atoms with Crippen molar-refractivity contribution in [1.82, 2.24) is 0 Å². The predicted octanol–water partition coefficient (Wildman–Crippen LogP) is 4.39. The summed E-state index contributed by atoms with van der Waals surface area (Å²) in [7, 11) is 0. The molecular formula is C13H19N. The van der Waals surface area contributed by atoms with Gasteiger partial charge < -0.3 is 0 Å². The highest BCUT2D eigenvalue weighted by atomic mass is 14.7. The highest BCUT2D eigenvalue weighted by molar-refractivity contribution is 5.65. The summed E-state index contributed by atoms with van der Waals surface area (Å²) in [5.74, 6) is 0. The summed E-state index contributed by atoms with van der Waals surface area (Å²) >= 11 is 0. The van der Waals surface area contributed by atoms with Gasteiger partial charge in [-0.2, -0.15) is 0 Å². The normalized spacial score (nSPS) is 8.50. The first-order valence-corrected chi connectivity index (χ1v) is 4.89. The molecule has 0 saturated carbocycles. The number of rotatable bonds is 2. The van der Waals surface area contributed by atoms with E-state index in [0.717, 1.165) is 11.3 Å². The lowest BCUT2D eigenvalue weighted by atomic mass is 10.1. The third kappa shape index (κ3) is 4.04. The second-order valence-corrected chi connectivity index (χ2v) is 3.13. The Balaban J connectivity index is 0.000000500. The van der Waals surface area contributed by atoms with Gasteiger partial charge in [-0.15, -0.1) is 0 Å². The van der Waals surface area contributed by atoms with Gasteiger partial charge in [-0.25, -0.2) is 0 Å². The maximum Gasteiger partial charge on any atom is 0.0694 e. The van der Waals surface area contributed by atoms with E-state index in [1.54, 1.807) is 6.08 Å². The van der Waals surface area contributed by atoms with E-state index in [4.69, 9.17) is 0 Å². The molecule has 0 bridgehead atoms. The molecule has 0 heterocycles. The van der Waals surface area contributed by atoms with Crippen molar-refractivity contribution in [3.8, 4) is 0 Å². The first kappa shape index (κ1) is 12.6. The number of aryl methyl sites for hydroxylation is 1. The van der Waals surface area contributed by atoms with Crippen molar-refractivity contribution < 1.29 is 0 Å². The van der Waals surface area contributed by atoms with E-state index in [1.807, 2.05) is 25.1 Å². The van der Waals surface area contributed by atoms with Crippen LogP contribution in [0.25, 0.3) is 6.08 Å². The second-order valence-electron chi connectivity index (χ2n) is 3.13. The number of hydrogen-bond donors (Lipinski definition) is 0. The van der Waals surface area contributed by atoms with E-state index >= 15 is 0 Å². The van der Waals surface area contributed by atoms with Crippen molar-refractivity contribution >= 4 is 18.5 Å². The van der Waals surface area contributed by atoms with Gasteiger partial charge in [0.15, 0.2) is 0 Å². The molecule has 1 rings (SSSR count). The topological polar surface area (TPSA) is 12.4 Å². The lowest BCUT2D eigenvalue weighted by molar-refractivity contribution is 1.09. The van der Waals surface area contributed by atoms with E-state index in [1.165, 1.54) is 12.0 Å². The zero-order valence-corrected chi connectivity index (χ0v) is 9.38. The van der Waals surface area contributed by atoms with Crippen LogP contribution >= 0.6 is 0 Å². The quantitative estimate of drug-likeness (QED) is 0.612. The van der Waals surface area contributed by atoms with Crippen LogP contribution in [0.3, 0.4) is 0 Å². The lowest BCUT2D eigenvalue weighted by Crippen LogP contribution is -1.76. The molecule has 1 nitrogen and oxygen atoms in total. The smallest absolute Gasteiger partial charge is 0.0694 e. The largest absolute Gasteiger partial charge is 0.264 e. The van der Waals surface area contributed by atoms with Crippen molar-refractivity contribution in [1.29, 1.82) is 0 Å². The molecule has 0 spiro atoms. The van der Waals surface area contributed by atoms with Crippen LogP contribution in [0, 0.1) is 6.92 Å². The Morgan fingerprint density at radius 2 is 1.93 bits per heavy atom. The molecule has 0 aliphatic carbocycles. The molecule has 0 aliphatic heterocycles. The van der Waals surface area contributed by atoms with Gasteiger partial charge in [-0.05, 0) is 31.3 Å². The molecule has 0 N–H and O–H groups in total. The fourth-order valence-electron chi connectivity index (χ4n) is 0.981. The summed E-state index contributed by atoms with van der Waals surface area (Å²) in [5.41, 5.74) is 3.15. The average Bonchev–Trinajstić information content (AvgIpc) is 2.19. The standard InChI is InChI=1S/C10H11N.C3H8/c1-4-9-7-8(2)5-6-10(9)11-3;1-3-2/h4-7H,1,3H2,2H3;3H2,1-2H3. The van der Waals surface area contributed by atoms with Crippen LogP contribution < -0.4 is 0 Å². The molecule has 1 aromatic carbocycles. The highest BCUT2D eigenvalue weighted by Crippen LogP contribution is 2.20. The molecule has 0 aliphatic rings. The first-order chi connectivity index (χ1) is 6.69. The Morgan fingerprint density at radius 3 is 2.36 bits per heavy atom. The zero-order chi connectivity index (χ0) is 11.0. The Kier molecular flexibility index (Phi) is 6.38. The van der Waals surface area contributed by atoms with Gasteiger partial charge in [0.05, 0.1) is 5.69 Å². The molecule has 0 saturated heterocycles. The van der Waals surface area contributed by atoms with E-state index in [0.29, 0.717) is 0 Å². The Bertz CT molecular complexity index is 300. The van der Waals surface area contributed by atoms with Gasteiger partial charge in [0.25, 0.3) is 0 Å². The number of hydrogen-bond acceptors (Lipinski definition) is 1. The van der Waals surface area contributed by atoms with Gasteiger partial charge >= 0.3 is 0 Å². The molecule has 1 heteroatoms. The van der Waals surface area contributed by atoms with Crippen molar-refractivity contribution in [2.24, 2.45) is 4.99 Å². The lowest BCUT2D eigenvalue weighted by Gasteiger charge is -1.99. The fraction of sp³-hybridized carbons (Fsp3) is 0.308. The van der Waals surface area contributed by atoms with Crippen molar-refractivity contribution in [2.75, 3.05) is 0 Å². The highest BCUT2D eigenvalue weighted by Gasteiger charge is 1.94. The number of nitrogens with zero attached hydrogens (tertiary/aromatic N) is 1. The summed E-state index contributed by atoms with van der Waals surface area (Å²) in [4.78, 5) is 3.86. The van der Waals surface area contributed by atoms with Crippen LogP contribution in [0.1, 0.15) is 31.4 Å². The second kappa shape index (κ2) is 7.07. The Labute approximate surface area is 87.2 Å². The van der Waals surface area contributed by atoms with Crippen LogP contribution in [-0.4, -0.2) is 6.72 Å². The van der Waals surface area contributed by atoms with Crippen molar-refractivity contribution in [3.05, 3.63) is 35.9 Å². The maximum atomic E-state index is 3.86. The van der Waals surface area contributed by atoms with Crippen LogP contribution in [0.2, 0.25) is 0 Å². The molecule has 14 heavy (non-hydrogen) atoms. The minimum atomic E-state index is 0.894. The molecule has 0 amide bonds. The van der Waals surface area contributed by atoms with Crippen molar-refractivity contribution in [2.45, 2.75) is 27.2 Å². The average molecular weight is 189 g/mol. The molecule has 1 aromatic rings. The van der Waals surface area contributed by atoms with Gasteiger partial charge in [0, 0.05) is 0 Å². The van der Waals surface area contributed by atoms with E-state index in [9.17, 15) is 0 Å². The fourth-order valence-corrected chi connectivity index (χ4v) is 0.981. The van der Waals surface area contributed by atoms with Crippen LogP contribution in [0.4, 0.5) is 5.69 Å². The number of aliphatic imine (C=N–C) groups is 1. The monoisotopic (exact) mass is 189 g/mol. The molecular weight excluding hydrogens is 170 g/mol. The Hall–Kier alpha value is -1.37. The molecule has 76 valence electrons. The van der Waals surface area contributed by atoms with Gasteiger partial charge in [-0.1, -0.05) is 44.6 Å². The van der Waals surface area contributed by atoms with E-state index in [-0.39, 0.29) is 0 Å². The van der Waals surface area contributed by atoms with E-state index < -0.39 is 0 Å². The summed E-state index contributed by atoms with van der Waals surface area (Å²) in [6.45, 7) is 13.5. The molecule has 0 aromatic heterocycles. The minimum absolute atomic E-state index is 0.894. The van der Waals surface area contributed by atoms with E-state index in [2.05, 4.69) is 32.1 Å². The van der Waals surface area contributed by atoms with Gasteiger partial charge in [-0.3, -0.25) is 4.99 Å². The zero-order valence-electron chi connectivity index (χ0n) is 9.38. The summed E-state index contributed by atoms with van der Waals surface area (Å²) in [5, 5.41) is 0. The molecule has 0 unspecified atom stereocenters. The maximum absolute atomic E-state index is 3.86. The van der Waals surface area contributed by atoms with Gasteiger partial charge in [0.1, 0.15) is 0 Å². The predicted molar refractivity (Wildman–Crippen MR) is 66.4 cm³/mol. The third-order valence-corrected chi connectivity index (χ3v) is 1.57. The van der Waals surface area contributed by atoms with Crippen LogP contribution in [-0.2, 0) is 0 Å². The minimum Gasteiger partial charge on any atom is -0.264 e. The SMILES string of the molecule is C=Cc1cc(C)ccc1N=C.CCC. The summed E-state index contributed by atoms with van der Waals surface area (Å²) < 4.78 is 0. The van der Waals surface area contributed by atoms with Crippen LogP contribution in [0.5, 0.6) is 0 Å². The van der Waals surface area contributed by atoms with Gasteiger partial charge in [0.2, 0.25) is 0 Å². The summed E-state index contributed by atoms with van der Waals surface area (Å²) in [6, 6.07) is 5.99. The third-order valence-electron chi connectivity index (χ3n) is 1.57. The first-order valence-electron chi connectivity index (χ1n) is 4.89.